The van der Waals surface area contributed by atoms with Crippen molar-refractivity contribution in [1.29, 1.82) is 0 Å². The SMILES string of the molecule is CC(=O)C(C)(C)c1ccn2ccnc2c1.CC(C)C(=O)C(C)(C)c1ccn2ccnc2c1.[CH2+]C(C)(C(=O)CC)c1ccn2ccnc2c1. The summed E-state index contributed by atoms with van der Waals surface area (Å²) >= 11 is 0. The fourth-order valence-electron chi connectivity index (χ4n) is 5.47. The minimum absolute atomic E-state index is 0.0426. The molecule has 0 radical (unpaired) electrons. The Balaban J connectivity index is 0.000000163. The van der Waals surface area contributed by atoms with Gasteiger partial charge in [-0.15, -0.1) is 0 Å². The van der Waals surface area contributed by atoms with Gasteiger partial charge in [-0.05, 0) is 89.1 Å². The standard InChI is InChI=1S/C14H18N2O.C13H15N2O.C12H14N2O/c1-10(2)13(17)14(3,4)11-5-7-16-8-6-15-12(16)9-11;1-4-11(16)13(2,3)10-5-7-15-8-6-14-12(15)9-10;1-9(15)12(2,3)10-4-6-14-7-5-13-11(14)8-10/h5-10H,1-4H3;5-9H,2,4H2,1,3H3;4-8H,1-3H3/q;+1;. The van der Waals surface area contributed by atoms with Crippen molar-refractivity contribution < 1.29 is 14.4 Å². The van der Waals surface area contributed by atoms with Crippen molar-refractivity contribution in [1.82, 2.24) is 28.2 Å². The van der Waals surface area contributed by atoms with Crippen molar-refractivity contribution in [2.45, 2.75) is 85.0 Å². The minimum Gasteiger partial charge on any atom is -0.307 e. The van der Waals surface area contributed by atoms with Gasteiger partial charge < -0.3 is 13.2 Å². The summed E-state index contributed by atoms with van der Waals surface area (Å²) in [5.41, 5.74) is 3.98. The van der Waals surface area contributed by atoms with Crippen molar-refractivity contribution in [3.63, 3.8) is 0 Å². The van der Waals surface area contributed by atoms with Crippen LogP contribution in [0.4, 0.5) is 0 Å². The van der Waals surface area contributed by atoms with Crippen molar-refractivity contribution in [2.24, 2.45) is 5.92 Å². The zero-order valence-corrected chi connectivity index (χ0v) is 29.6. The number of carbonyl (C=O) groups excluding carboxylic acids is 3. The van der Waals surface area contributed by atoms with Gasteiger partial charge in [-0.1, -0.05) is 20.8 Å². The molecule has 0 spiro atoms. The predicted molar refractivity (Wildman–Crippen MR) is 190 cm³/mol. The second-order valence-electron chi connectivity index (χ2n) is 13.8. The highest BCUT2D eigenvalue weighted by molar-refractivity contribution is 5.91. The average Bonchev–Trinajstić information content (AvgIpc) is 3.84. The smallest absolute Gasteiger partial charge is 0.187 e. The molecule has 6 heterocycles. The van der Waals surface area contributed by atoms with Gasteiger partial charge in [0, 0.05) is 84.5 Å². The fraction of sp³-hybridized carbons (Fsp3) is 0.359. The van der Waals surface area contributed by atoms with E-state index < -0.39 is 16.2 Å². The summed E-state index contributed by atoms with van der Waals surface area (Å²) in [5.74, 6) is 0.608. The van der Waals surface area contributed by atoms with Gasteiger partial charge in [-0.3, -0.25) is 14.4 Å². The summed E-state index contributed by atoms with van der Waals surface area (Å²) in [6.45, 7) is 21.1. The third kappa shape index (κ3) is 7.40. The molecule has 0 aliphatic heterocycles. The number of nitrogens with zero attached hydrogens (tertiary/aromatic N) is 6. The van der Waals surface area contributed by atoms with E-state index in [9.17, 15) is 14.4 Å². The van der Waals surface area contributed by atoms with Crippen LogP contribution in [-0.4, -0.2) is 45.5 Å². The molecule has 0 aliphatic rings. The van der Waals surface area contributed by atoms with E-state index in [-0.39, 0.29) is 23.3 Å². The summed E-state index contributed by atoms with van der Waals surface area (Å²) in [7, 11) is 0. The normalized spacial score (nSPS) is 13.0. The summed E-state index contributed by atoms with van der Waals surface area (Å²) < 4.78 is 5.79. The van der Waals surface area contributed by atoms with Crippen LogP contribution < -0.4 is 0 Å². The van der Waals surface area contributed by atoms with Crippen LogP contribution in [0.25, 0.3) is 16.9 Å². The van der Waals surface area contributed by atoms with E-state index in [0.717, 1.165) is 33.6 Å². The molecule has 250 valence electrons. The Bertz CT molecular complexity index is 2060. The van der Waals surface area contributed by atoms with E-state index in [2.05, 4.69) is 21.9 Å². The Morgan fingerprint density at radius 3 is 1.42 bits per heavy atom. The molecule has 0 saturated heterocycles. The number of hydrogen-bond acceptors (Lipinski definition) is 6. The molecule has 0 fully saturated rings. The Hall–Kier alpha value is -5.05. The van der Waals surface area contributed by atoms with Gasteiger partial charge in [0.05, 0.1) is 6.92 Å². The number of pyridine rings is 3. The molecule has 0 bridgehead atoms. The number of aromatic nitrogens is 6. The number of imidazole rings is 3. The lowest BCUT2D eigenvalue weighted by atomic mass is 9.77. The molecular weight excluding hydrogens is 600 g/mol. The van der Waals surface area contributed by atoms with Crippen LogP contribution >= 0.6 is 0 Å². The lowest BCUT2D eigenvalue weighted by Crippen LogP contribution is -2.32. The van der Waals surface area contributed by atoms with Gasteiger partial charge in [0.15, 0.2) is 11.2 Å². The summed E-state index contributed by atoms with van der Waals surface area (Å²) in [6, 6.07) is 11.8. The lowest BCUT2D eigenvalue weighted by Gasteiger charge is -2.25. The summed E-state index contributed by atoms with van der Waals surface area (Å²) in [4.78, 5) is 48.2. The molecule has 1 atom stereocenters. The summed E-state index contributed by atoms with van der Waals surface area (Å²) in [6.07, 6.45) is 17.2. The van der Waals surface area contributed by atoms with E-state index >= 15 is 0 Å². The summed E-state index contributed by atoms with van der Waals surface area (Å²) in [5, 5.41) is 0. The van der Waals surface area contributed by atoms with Gasteiger partial charge in [-0.25, -0.2) is 15.0 Å². The second-order valence-corrected chi connectivity index (χ2v) is 13.8. The van der Waals surface area contributed by atoms with E-state index in [1.807, 2.05) is 142 Å². The minimum atomic E-state index is -0.678. The molecule has 0 N–H and O–H groups in total. The van der Waals surface area contributed by atoms with Gasteiger partial charge in [0.25, 0.3) is 0 Å². The molecule has 6 rings (SSSR count). The van der Waals surface area contributed by atoms with Crippen molar-refractivity contribution >= 4 is 34.3 Å². The monoisotopic (exact) mass is 647 g/mol. The molecule has 0 aromatic carbocycles. The van der Waals surface area contributed by atoms with Crippen LogP contribution in [0.3, 0.4) is 0 Å². The predicted octanol–water partition coefficient (Wildman–Crippen LogP) is 7.44. The first-order valence-electron chi connectivity index (χ1n) is 16.2. The zero-order valence-electron chi connectivity index (χ0n) is 29.6. The van der Waals surface area contributed by atoms with Gasteiger partial charge in [0.1, 0.15) is 28.5 Å². The lowest BCUT2D eigenvalue weighted by molar-refractivity contribution is -0.126. The van der Waals surface area contributed by atoms with Crippen LogP contribution in [0.5, 0.6) is 0 Å². The number of carbonyl (C=O) groups is 3. The maximum Gasteiger partial charge on any atom is 0.187 e. The van der Waals surface area contributed by atoms with E-state index in [1.165, 1.54) is 0 Å². The topological polar surface area (TPSA) is 103 Å². The van der Waals surface area contributed by atoms with Crippen molar-refractivity contribution in [3.05, 3.63) is 116 Å². The molecule has 9 nitrogen and oxygen atoms in total. The van der Waals surface area contributed by atoms with Crippen LogP contribution in [-0.2, 0) is 30.6 Å². The second kappa shape index (κ2) is 14.0. The van der Waals surface area contributed by atoms with Gasteiger partial charge in [-0.2, -0.15) is 0 Å². The number of hydrogen-bond donors (Lipinski definition) is 0. The van der Waals surface area contributed by atoms with Crippen LogP contribution in [0.15, 0.2) is 92.2 Å². The molecule has 6 aromatic heterocycles. The molecule has 0 saturated carbocycles. The molecule has 0 aliphatic carbocycles. The fourth-order valence-corrected chi connectivity index (χ4v) is 5.47. The van der Waals surface area contributed by atoms with Gasteiger partial charge in [0.2, 0.25) is 0 Å². The third-order valence-corrected chi connectivity index (χ3v) is 9.23. The van der Waals surface area contributed by atoms with Gasteiger partial charge >= 0.3 is 0 Å². The zero-order chi connectivity index (χ0) is 35.4. The Kier molecular flexibility index (Phi) is 10.4. The molecule has 6 aromatic rings. The quantitative estimate of drug-likeness (QED) is 0.159. The number of rotatable bonds is 8. The number of Topliss-reactive ketones (excluding diaryl/α,β-unsaturated/α-hetero) is 3. The first-order chi connectivity index (χ1) is 22.5. The van der Waals surface area contributed by atoms with Crippen molar-refractivity contribution in [2.75, 3.05) is 0 Å². The maximum atomic E-state index is 12.2. The number of ketones is 3. The largest absolute Gasteiger partial charge is 0.307 e. The Morgan fingerprint density at radius 2 is 1.04 bits per heavy atom. The van der Waals surface area contributed by atoms with Crippen LogP contribution in [0.1, 0.15) is 85.4 Å². The third-order valence-electron chi connectivity index (χ3n) is 9.23. The first kappa shape index (κ1) is 35.8. The maximum absolute atomic E-state index is 12.2. The highest BCUT2D eigenvalue weighted by Gasteiger charge is 2.36. The van der Waals surface area contributed by atoms with Crippen LogP contribution in [0.2, 0.25) is 0 Å². The molecule has 48 heavy (non-hydrogen) atoms. The number of fused-ring (bicyclic) bond motifs is 3. The molecule has 1 unspecified atom stereocenters. The average molecular weight is 648 g/mol. The Labute approximate surface area is 283 Å². The van der Waals surface area contributed by atoms with E-state index in [4.69, 9.17) is 0 Å². The molecule has 9 heteroatoms. The first-order valence-corrected chi connectivity index (χ1v) is 16.2. The Morgan fingerprint density at radius 1 is 0.667 bits per heavy atom. The molecular formula is C39H47N6O3+. The van der Waals surface area contributed by atoms with E-state index in [0.29, 0.717) is 6.42 Å². The van der Waals surface area contributed by atoms with E-state index in [1.54, 1.807) is 25.5 Å². The van der Waals surface area contributed by atoms with Crippen LogP contribution in [0, 0.1) is 12.8 Å². The van der Waals surface area contributed by atoms with Crippen molar-refractivity contribution in [3.8, 4) is 0 Å². The highest BCUT2D eigenvalue weighted by atomic mass is 16.1. The highest BCUT2D eigenvalue weighted by Crippen LogP contribution is 2.28. The molecule has 0 amide bonds.